The summed E-state index contributed by atoms with van der Waals surface area (Å²) in [6, 6.07) is 5.36. The fourth-order valence-corrected chi connectivity index (χ4v) is 1.84. The molecule has 0 saturated carbocycles. The summed E-state index contributed by atoms with van der Waals surface area (Å²) in [5.74, 6) is -0.229. The van der Waals surface area contributed by atoms with Gasteiger partial charge in [0.2, 0.25) is 0 Å². The Hall–Kier alpha value is -2.01. The third kappa shape index (κ3) is 2.49. The van der Waals surface area contributed by atoms with Gasteiger partial charge < -0.3 is 21.1 Å². The molecule has 108 valence electrons. The van der Waals surface area contributed by atoms with Crippen molar-refractivity contribution in [3.63, 3.8) is 0 Å². The van der Waals surface area contributed by atoms with Gasteiger partial charge in [0, 0.05) is 22.8 Å². The Kier molecular flexibility index (Phi) is 3.26. The number of aromatic amines is 1. The van der Waals surface area contributed by atoms with Gasteiger partial charge in [-0.05, 0) is 45.9 Å². The van der Waals surface area contributed by atoms with Gasteiger partial charge in [0.1, 0.15) is 0 Å². The number of nitrogens with one attached hydrogen (secondary N) is 2. The van der Waals surface area contributed by atoms with E-state index >= 15 is 0 Å². The van der Waals surface area contributed by atoms with Crippen LogP contribution in [-0.4, -0.2) is 27.1 Å². The number of nitrogen functional groups attached to an aromatic ring is 1. The maximum absolute atomic E-state index is 12.4. The number of carbonyl (C=O) groups is 1. The van der Waals surface area contributed by atoms with Crippen LogP contribution in [-0.2, 0) is 0 Å². The Morgan fingerprint density at radius 3 is 2.55 bits per heavy atom. The number of benzene rings is 1. The number of H-pyrrole nitrogens is 1. The van der Waals surface area contributed by atoms with Gasteiger partial charge in [-0.2, -0.15) is 0 Å². The van der Waals surface area contributed by atoms with Gasteiger partial charge >= 0.3 is 0 Å². The second-order valence-electron chi connectivity index (χ2n) is 6.15. The number of aliphatic hydroxyl groups is 1. The number of fused-ring (bicyclic) bond motifs is 1. The first kappa shape index (κ1) is 14.4. The smallest absolute Gasteiger partial charge is 0.253 e. The molecule has 5 nitrogen and oxygen atoms in total. The maximum atomic E-state index is 12.4. The van der Waals surface area contributed by atoms with Crippen molar-refractivity contribution in [3.05, 3.63) is 30.0 Å². The first-order valence-corrected chi connectivity index (χ1v) is 6.53. The van der Waals surface area contributed by atoms with Crippen molar-refractivity contribution in [2.24, 2.45) is 0 Å². The summed E-state index contributed by atoms with van der Waals surface area (Å²) in [4.78, 5) is 15.4. The van der Waals surface area contributed by atoms with E-state index in [-0.39, 0.29) is 5.91 Å². The van der Waals surface area contributed by atoms with Gasteiger partial charge in [0.15, 0.2) is 0 Å². The molecule has 5 N–H and O–H groups in total. The SMILES string of the molecule is CC(C)(O)C(C)(C)NC(=O)c1c[nH]c2cc(N)ccc12. The Bertz CT molecular complexity index is 651. The number of anilines is 1. The minimum absolute atomic E-state index is 0.229. The largest absolute Gasteiger partial charge is 0.399 e. The zero-order valence-electron chi connectivity index (χ0n) is 12.2. The number of rotatable bonds is 3. The molecule has 2 rings (SSSR count). The minimum Gasteiger partial charge on any atom is -0.399 e. The van der Waals surface area contributed by atoms with E-state index in [2.05, 4.69) is 10.3 Å². The standard InChI is InChI=1S/C15H21N3O2/c1-14(2,15(3,4)20)18-13(19)11-8-17-12-7-9(16)5-6-10(11)12/h5-8,17,20H,16H2,1-4H3,(H,18,19). The van der Waals surface area contributed by atoms with Crippen LogP contribution in [0.2, 0.25) is 0 Å². The van der Waals surface area contributed by atoms with Gasteiger partial charge in [0.05, 0.1) is 16.7 Å². The summed E-state index contributed by atoms with van der Waals surface area (Å²) < 4.78 is 0. The summed E-state index contributed by atoms with van der Waals surface area (Å²) in [5.41, 5.74) is 5.93. The average Bonchev–Trinajstić information content (AvgIpc) is 2.69. The van der Waals surface area contributed by atoms with Crippen LogP contribution in [0, 0.1) is 0 Å². The van der Waals surface area contributed by atoms with Crippen LogP contribution in [0.25, 0.3) is 10.9 Å². The molecule has 0 aliphatic heterocycles. The Morgan fingerprint density at radius 2 is 1.95 bits per heavy atom. The number of hydrogen-bond donors (Lipinski definition) is 4. The van der Waals surface area contributed by atoms with E-state index in [1.807, 2.05) is 6.07 Å². The molecular formula is C15H21N3O2. The van der Waals surface area contributed by atoms with E-state index in [1.54, 1.807) is 46.0 Å². The molecule has 0 unspecified atom stereocenters. The highest BCUT2D eigenvalue weighted by atomic mass is 16.3. The fraction of sp³-hybridized carbons (Fsp3) is 0.400. The molecule has 0 spiro atoms. The van der Waals surface area contributed by atoms with Crippen LogP contribution in [0.4, 0.5) is 5.69 Å². The third-order valence-corrected chi connectivity index (χ3v) is 3.91. The zero-order chi connectivity index (χ0) is 15.1. The molecule has 0 bridgehead atoms. The average molecular weight is 275 g/mol. The van der Waals surface area contributed by atoms with E-state index < -0.39 is 11.1 Å². The monoisotopic (exact) mass is 275 g/mol. The normalized spacial score (nSPS) is 12.7. The molecule has 5 heteroatoms. The van der Waals surface area contributed by atoms with Gasteiger partial charge in [-0.25, -0.2) is 0 Å². The van der Waals surface area contributed by atoms with E-state index in [4.69, 9.17) is 5.73 Å². The maximum Gasteiger partial charge on any atom is 0.253 e. The molecule has 1 amide bonds. The van der Waals surface area contributed by atoms with Crippen molar-refractivity contribution in [2.45, 2.75) is 38.8 Å². The van der Waals surface area contributed by atoms with E-state index in [0.29, 0.717) is 11.3 Å². The molecule has 1 heterocycles. The summed E-state index contributed by atoms with van der Waals surface area (Å²) in [6.07, 6.45) is 1.65. The number of amides is 1. The van der Waals surface area contributed by atoms with E-state index in [1.165, 1.54) is 0 Å². The summed E-state index contributed by atoms with van der Waals surface area (Å²) >= 11 is 0. The minimum atomic E-state index is -1.03. The lowest BCUT2D eigenvalue weighted by atomic mass is 9.85. The fourth-order valence-electron chi connectivity index (χ4n) is 1.84. The molecule has 2 aromatic rings. The first-order valence-electron chi connectivity index (χ1n) is 6.53. The predicted octanol–water partition coefficient (Wildman–Crippen LogP) is 2.03. The number of nitrogens with two attached hydrogens (primary N) is 1. The number of aromatic nitrogens is 1. The van der Waals surface area contributed by atoms with Gasteiger partial charge in [-0.15, -0.1) is 0 Å². The summed E-state index contributed by atoms with van der Waals surface area (Å²) in [6.45, 7) is 6.92. The third-order valence-electron chi connectivity index (χ3n) is 3.91. The van der Waals surface area contributed by atoms with Crippen LogP contribution in [0.1, 0.15) is 38.1 Å². The van der Waals surface area contributed by atoms with E-state index in [9.17, 15) is 9.90 Å². The van der Waals surface area contributed by atoms with E-state index in [0.717, 1.165) is 10.9 Å². The molecule has 0 fully saturated rings. The summed E-state index contributed by atoms with van der Waals surface area (Å²) in [5, 5.41) is 13.8. The quantitative estimate of drug-likeness (QED) is 0.646. The second kappa shape index (κ2) is 4.52. The highest BCUT2D eigenvalue weighted by Gasteiger charge is 2.36. The van der Waals surface area contributed by atoms with Crippen molar-refractivity contribution in [2.75, 3.05) is 5.73 Å². The second-order valence-corrected chi connectivity index (χ2v) is 6.15. The first-order chi connectivity index (χ1) is 9.12. The van der Waals surface area contributed by atoms with Crippen molar-refractivity contribution in [1.82, 2.24) is 10.3 Å². The van der Waals surface area contributed by atoms with Crippen LogP contribution in [0.3, 0.4) is 0 Å². The van der Waals surface area contributed by atoms with Crippen molar-refractivity contribution in [3.8, 4) is 0 Å². The molecule has 1 aromatic heterocycles. The van der Waals surface area contributed by atoms with Crippen molar-refractivity contribution >= 4 is 22.5 Å². The predicted molar refractivity (Wildman–Crippen MR) is 80.6 cm³/mol. The topological polar surface area (TPSA) is 91.1 Å². The molecule has 0 radical (unpaired) electrons. The Morgan fingerprint density at radius 1 is 1.30 bits per heavy atom. The molecule has 0 saturated heterocycles. The molecule has 0 aliphatic rings. The Labute approximate surface area is 118 Å². The molecule has 20 heavy (non-hydrogen) atoms. The van der Waals surface area contributed by atoms with Crippen molar-refractivity contribution in [1.29, 1.82) is 0 Å². The summed E-state index contributed by atoms with van der Waals surface area (Å²) in [7, 11) is 0. The molecule has 1 aromatic carbocycles. The Balaban J connectivity index is 2.33. The molecular weight excluding hydrogens is 254 g/mol. The van der Waals surface area contributed by atoms with Crippen LogP contribution < -0.4 is 11.1 Å². The van der Waals surface area contributed by atoms with Gasteiger partial charge in [-0.3, -0.25) is 4.79 Å². The number of carbonyl (C=O) groups excluding carboxylic acids is 1. The van der Waals surface area contributed by atoms with Gasteiger partial charge in [0.25, 0.3) is 5.91 Å². The molecule has 0 aliphatic carbocycles. The van der Waals surface area contributed by atoms with Crippen LogP contribution in [0.5, 0.6) is 0 Å². The van der Waals surface area contributed by atoms with Gasteiger partial charge in [-0.1, -0.05) is 0 Å². The van der Waals surface area contributed by atoms with Crippen LogP contribution >= 0.6 is 0 Å². The lowest BCUT2D eigenvalue weighted by Crippen LogP contribution is -2.57. The van der Waals surface area contributed by atoms with Crippen LogP contribution in [0.15, 0.2) is 24.4 Å². The molecule has 0 atom stereocenters. The zero-order valence-corrected chi connectivity index (χ0v) is 12.2. The lowest BCUT2D eigenvalue weighted by molar-refractivity contribution is -0.00289. The highest BCUT2D eigenvalue weighted by molar-refractivity contribution is 6.07. The van der Waals surface area contributed by atoms with Crippen molar-refractivity contribution < 1.29 is 9.90 Å². The lowest BCUT2D eigenvalue weighted by Gasteiger charge is -2.37. The number of hydrogen-bond acceptors (Lipinski definition) is 3. The highest BCUT2D eigenvalue weighted by Crippen LogP contribution is 2.24.